The molecular formula is C29H39ClN4. The summed E-state index contributed by atoms with van der Waals surface area (Å²) in [6.45, 7) is 10.8. The predicted molar refractivity (Wildman–Crippen MR) is 148 cm³/mol. The van der Waals surface area contributed by atoms with Crippen molar-refractivity contribution < 1.29 is 0 Å². The zero-order valence-electron chi connectivity index (χ0n) is 20.7. The number of halogens is 1. The van der Waals surface area contributed by atoms with Gasteiger partial charge in [-0.1, -0.05) is 62.4 Å². The minimum Gasteiger partial charge on any atom is -0.339 e. The van der Waals surface area contributed by atoms with Crippen LogP contribution < -0.4 is 5.32 Å². The maximum atomic E-state index is 4.81. The van der Waals surface area contributed by atoms with E-state index in [0.717, 1.165) is 51.3 Å². The molecule has 0 aliphatic carbocycles. The molecule has 0 bridgehead atoms. The molecule has 4 rings (SSSR count). The molecule has 4 nitrogen and oxygen atoms in total. The van der Waals surface area contributed by atoms with Gasteiger partial charge in [0.25, 0.3) is 0 Å². The summed E-state index contributed by atoms with van der Waals surface area (Å²) in [6, 6.07) is 21.8. The van der Waals surface area contributed by atoms with E-state index in [4.69, 9.17) is 4.98 Å². The summed E-state index contributed by atoms with van der Waals surface area (Å²) in [5.41, 5.74) is 5.17. The van der Waals surface area contributed by atoms with Crippen molar-refractivity contribution in [1.29, 1.82) is 0 Å². The zero-order chi connectivity index (χ0) is 22.9. The highest BCUT2D eigenvalue weighted by atomic mass is 35.5. The fourth-order valence-corrected chi connectivity index (χ4v) is 4.85. The lowest BCUT2D eigenvalue weighted by atomic mass is 10.1. The molecule has 182 valence electrons. The van der Waals surface area contributed by atoms with Crippen LogP contribution in [-0.2, 0) is 19.5 Å². The van der Waals surface area contributed by atoms with Crippen LogP contribution in [-0.4, -0.2) is 40.6 Å². The van der Waals surface area contributed by atoms with E-state index >= 15 is 0 Å². The van der Waals surface area contributed by atoms with Crippen molar-refractivity contribution in [1.82, 2.24) is 19.8 Å². The number of unbranched alkanes of at least 4 members (excludes halogenated alkanes) is 1. The summed E-state index contributed by atoms with van der Waals surface area (Å²) >= 11 is 0. The van der Waals surface area contributed by atoms with Gasteiger partial charge in [-0.05, 0) is 69.6 Å². The Morgan fingerprint density at radius 2 is 1.62 bits per heavy atom. The molecule has 2 heterocycles. The summed E-state index contributed by atoms with van der Waals surface area (Å²) in [5, 5.41) is 6.31. The van der Waals surface area contributed by atoms with Crippen molar-refractivity contribution in [2.24, 2.45) is 0 Å². The number of aryl methyl sites for hydroxylation is 2. The maximum absolute atomic E-state index is 4.81. The Labute approximate surface area is 210 Å². The second kappa shape index (κ2) is 13.5. The first kappa shape index (κ1) is 26.2. The Kier molecular flexibility index (Phi) is 10.4. The van der Waals surface area contributed by atoms with Gasteiger partial charge in [-0.2, -0.15) is 0 Å². The smallest absolute Gasteiger partial charge is 0.0784 e. The molecule has 1 N–H and O–H groups in total. The lowest BCUT2D eigenvalue weighted by Crippen LogP contribution is -2.25. The number of nitrogens with one attached hydrogen (secondary N) is 1. The summed E-state index contributed by atoms with van der Waals surface area (Å²) in [6.07, 6.45) is 6.62. The topological polar surface area (TPSA) is 33.1 Å². The molecule has 0 spiro atoms. The van der Waals surface area contributed by atoms with Gasteiger partial charge in [0, 0.05) is 35.6 Å². The van der Waals surface area contributed by atoms with E-state index in [1.54, 1.807) is 0 Å². The molecule has 0 radical (unpaired) electrons. The molecule has 0 saturated carbocycles. The standard InChI is InChI=1S/C29H38N4.ClH/c1-3-32(4-2)21-11-10-19-30-23-27-29-26(18-20-31-27)25-16-8-9-17-28(25)33(29)22-12-15-24-13-6-5-7-14-24;/h5-9,13-14,16-18,20,30H,3-4,10-12,15,19,21-23H2,1-2H3;1H. The van der Waals surface area contributed by atoms with Crippen LogP contribution in [0, 0.1) is 0 Å². The van der Waals surface area contributed by atoms with Crippen LogP contribution in [0.1, 0.15) is 44.4 Å². The fourth-order valence-electron chi connectivity index (χ4n) is 4.85. The summed E-state index contributed by atoms with van der Waals surface area (Å²) in [4.78, 5) is 7.31. The second-order valence-electron chi connectivity index (χ2n) is 8.82. The van der Waals surface area contributed by atoms with Gasteiger partial charge in [-0.3, -0.25) is 4.98 Å². The molecule has 0 fully saturated rings. The number of hydrogen-bond acceptors (Lipinski definition) is 3. The fraction of sp³-hybridized carbons (Fsp3) is 0.414. The number of nitrogens with zero attached hydrogens (tertiary/aromatic N) is 3. The summed E-state index contributed by atoms with van der Waals surface area (Å²) in [5.74, 6) is 0. The van der Waals surface area contributed by atoms with Crippen molar-refractivity contribution in [2.75, 3.05) is 26.2 Å². The van der Waals surface area contributed by atoms with Crippen LogP contribution in [0.5, 0.6) is 0 Å². The van der Waals surface area contributed by atoms with E-state index in [2.05, 4.69) is 89.3 Å². The first-order valence-electron chi connectivity index (χ1n) is 12.6. The first-order valence-corrected chi connectivity index (χ1v) is 12.6. The largest absolute Gasteiger partial charge is 0.339 e. The van der Waals surface area contributed by atoms with Gasteiger partial charge in [0.2, 0.25) is 0 Å². The third kappa shape index (κ3) is 6.38. The molecule has 0 unspecified atom stereocenters. The number of rotatable bonds is 13. The molecule has 0 aliphatic rings. The molecule has 0 aliphatic heterocycles. The average Bonchev–Trinajstić information content (AvgIpc) is 3.19. The summed E-state index contributed by atoms with van der Waals surface area (Å²) < 4.78 is 2.50. The highest BCUT2D eigenvalue weighted by Gasteiger charge is 2.14. The van der Waals surface area contributed by atoms with Crippen molar-refractivity contribution in [3.05, 3.63) is 78.1 Å². The Bertz CT molecular complexity index is 1140. The van der Waals surface area contributed by atoms with Crippen LogP contribution in [0.4, 0.5) is 0 Å². The van der Waals surface area contributed by atoms with Gasteiger partial charge in [-0.25, -0.2) is 0 Å². The molecule has 34 heavy (non-hydrogen) atoms. The van der Waals surface area contributed by atoms with E-state index in [0.29, 0.717) is 0 Å². The van der Waals surface area contributed by atoms with Crippen LogP contribution in [0.25, 0.3) is 21.8 Å². The Hall–Kier alpha value is -2.40. The zero-order valence-corrected chi connectivity index (χ0v) is 21.5. The van der Waals surface area contributed by atoms with Crippen molar-refractivity contribution in [2.45, 2.75) is 52.6 Å². The van der Waals surface area contributed by atoms with Crippen LogP contribution in [0.2, 0.25) is 0 Å². The molecule has 2 aromatic heterocycles. The Morgan fingerprint density at radius 1 is 0.853 bits per heavy atom. The van der Waals surface area contributed by atoms with Gasteiger partial charge < -0.3 is 14.8 Å². The van der Waals surface area contributed by atoms with Crippen LogP contribution in [0.3, 0.4) is 0 Å². The van der Waals surface area contributed by atoms with Gasteiger partial charge in [0.05, 0.1) is 11.2 Å². The van der Waals surface area contributed by atoms with Gasteiger partial charge in [-0.15, -0.1) is 12.4 Å². The Balaban J connectivity index is 0.00000324. The van der Waals surface area contributed by atoms with Gasteiger partial charge in [0.15, 0.2) is 0 Å². The second-order valence-corrected chi connectivity index (χ2v) is 8.82. The van der Waals surface area contributed by atoms with Gasteiger partial charge in [0.1, 0.15) is 0 Å². The SMILES string of the molecule is CCN(CC)CCCCNCc1nccc2c3ccccc3n(CCCc3ccccc3)c12.Cl. The molecule has 2 aromatic carbocycles. The van der Waals surface area contributed by atoms with Crippen LogP contribution in [0.15, 0.2) is 66.9 Å². The quantitative estimate of drug-likeness (QED) is 0.224. The van der Waals surface area contributed by atoms with E-state index in [9.17, 15) is 0 Å². The Morgan fingerprint density at radius 3 is 2.41 bits per heavy atom. The minimum absolute atomic E-state index is 0. The molecule has 0 atom stereocenters. The monoisotopic (exact) mass is 478 g/mol. The number of fused-ring (bicyclic) bond motifs is 3. The number of benzene rings is 2. The molecular weight excluding hydrogens is 440 g/mol. The van der Waals surface area contributed by atoms with Crippen molar-refractivity contribution >= 4 is 34.2 Å². The van der Waals surface area contributed by atoms with E-state index in [1.165, 1.54) is 46.8 Å². The van der Waals surface area contributed by atoms with Gasteiger partial charge >= 0.3 is 0 Å². The molecule has 0 saturated heterocycles. The lowest BCUT2D eigenvalue weighted by molar-refractivity contribution is 0.296. The third-order valence-corrected chi connectivity index (χ3v) is 6.71. The van der Waals surface area contributed by atoms with Crippen LogP contribution >= 0.6 is 12.4 Å². The molecule has 5 heteroatoms. The highest BCUT2D eigenvalue weighted by molar-refractivity contribution is 6.08. The third-order valence-electron chi connectivity index (χ3n) is 6.71. The molecule has 4 aromatic rings. The number of aromatic nitrogens is 2. The lowest BCUT2D eigenvalue weighted by Gasteiger charge is -2.17. The minimum atomic E-state index is 0. The van der Waals surface area contributed by atoms with Crippen molar-refractivity contribution in [3.8, 4) is 0 Å². The van der Waals surface area contributed by atoms with E-state index in [-0.39, 0.29) is 12.4 Å². The first-order chi connectivity index (χ1) is 16.3. The summed E-state index contributed by atoms with van der Waals surface area (Å²) in [7, 11) is 0. The highest BCUT2D eigenvalue weighted by Crippen LogP contribution is 2.30. The maximum Gasteiger partial charge on any atom is 0.0784 e. The number of hydrogen-bond donors (Lipinski definition) is 1. The normalized spacial score (nSPS) is 11.4. The number of para-hydroxylation sites is 1. The van der Waals surface area contributed by atoms with Crippen molar-refractivity contribution in [3.63, 3.8) is 0 Å². The number of pyridine rings is 1. The van der Waals surface area contributed by atoms with E-state index in [1.807, 2.05) is 6.20 Å². The van der Waals surface area contributed by atoms with E-state index < -0.39 is 0 Å². The molecule has 0 amide bonds. The predicted octanol–water partition coefficient (Wildman–Crippen LogP) is 6.46. The average molecular weight is 479 g/mol.